The molecule has 4 heteroatoms. The quantitative estimate of drug-likeness (QED) is 0.549. The minimum Gasteiger partial charge on any atom is -0.382 e. The van der Waals surface area contributed by atoms with Gasteiger partial charge in [0.15, 0.2) is 0 Å². The third-order valence-corrected chi connectivity index (χ3v) is 2.27. The molecule has 0 bridgehead atoms. The van der Waals surface area contributed by atoms with Crippen molar-refractivity contribution < 1.29 is 14.2 Å². The third-order valence-electron chi connectivity index (χ3n) is 2.27. The predicted molar refractivity (Wildman–Crippen MR) is 49.1 cm³/mol. The van der Waals surface area contributed by atoms with Crippen LogP contribution in [0, 0.1) is 0 Å². The second kappa shape index (κ2) is 4.26. The Morgan fingerprint density at radius 1 is 1.42 bits per heavy atom. The summed E-state index contributed by atoms with van der Waals surface area (Å²) in [5.74, 6) is 0. The van der Waals surface area contributed by atoms with Crippen LogP contribution in [0.15, 0.2) is 0 Å². The molecular formula is C8H17BO3. The minimum atomic E-state index is -0.178. The van der Waals surface area contributed by atoms with Gasteiger partial charge in [-0.2, -0.15) is 0 Å². The first-order chi connectivity index (χ1) is 5.72. The maximum absolute atomic E-state index is 5.78. The van der Waals surface area contributed by atoms with Gasteiger partial charge in [-0.25, -0.2) is 0 Å². The molecule has 12 heavy (non-hydrogen) atoms. The Balaban J connectivity index is 2.48. The highest BCUT2D eigenvalue weighted by Crippen LogP contribution is 2.29. The summed E-state index contributed by atoms with van der Waals surface area (Å²) < 4.78 is 16.0. The third kappa shape index (κ3) is 2.22. The van der Waals surface area contributed by atoms with Crippen LogP contribution in [-0.2, 0) is 14.2 Å². The summed E-state index contributed by atoms with van der Waals surface area (Å²) in [6.07, 6.45) is 2.14. The van der Waals surface area contributed by atoms with E-state index in [9.17, 15) is 0 Å². The van der Waals surface area contributed by atoms with Gasteiger partial charge in [-0.1, -0.05) is 0 Å². The summed E-state index contributed by atoms with van der Waals surface area (Å²) in [4.78, 5) is 0. The number of rotatable bonds is 4. The Morgan fingerprint density at radius 2 is 2.00 bits per heavy atom. The first kappa shape index (κ1) is 10.0. The van der Waals surface area contributed by atoms with Crippen molar-refractivity contribution in [3.8, 4) is 0 Å². The highest BCUT2D eigenvalue weighted by Gasteiger charge is 2.38. The maximum Gasteiger partial charge on any atom is 0.139 e. The average molecular weight is 172 g/mol. The lowest BCUT2D eigenvalue weighted by molar-refractivity contribution is -0.0994. The molecule has 1 saturated heterocycles. The van der Waals surface area contributed by atoms with Crippen LogP contribution in [0.3, 0.4) is 0 Å². The summed E-state index contributed by atoms with van der Waals surface area (Å²) in [6.45, 7) is 1.26. The maximum atomic E-state index is 5.78. The Hall–Kier alpha value is -0.0551. The van der Waals surface area contributed by atoms with E-state index in [1.54, 1.807) is 14.2 Å². The first-order valence-electron chi connectivity index (χ1n) is 4.38. The second-order valence-electron chi connectivity index (χ2n) is 3.52. The van der Waals surface area contributed by atoms with E-state index in [1.807, 2.05) is 0 Å². The lowest BCUT2D eigenvalue weighted by Gasteiger charge is -2.27. The van der Waals surface area contributed by atoms with Crippen molar-refractivity contribution in [2.75, 3.05) is 27.4 Å². The van der Waals surface area contributed by atoms with E-state index in [0.717, 1.165) is 12.8 Å². The van der Waals surface area contributed by atoms with Gasteiger partial charge in [0.2, 0.25) is 0 Å². The van der Waals surface area contributed by atoms with Gasteiger partial charge in [-0.3, -0.25) is 0 Å². The average Bonchev–Trinajstić information content (AvgIpc) is 2.34. The zero-order valence-electron chi connectivity index (χ0n) is 8.13. The van der Waals surface area contributed by atoms with Gasteiger partial charge in [0.05, 0.1) is 13.2 Å². The van der Waals surface area contributed by atoms with Crippen molar-refractivity contribution in [1.29, 1.82) is 0 Å². The van der Waals surface area contributed by atoms with Gasteiger partial charge in [0.1, 0.15) is 13.4 Å². The molecule has 0 aromatic rings. The molecule has 1 rings (SSSR count). The van der Waals surface area contributed by atoms with Crippen LogP contribution in [0.1, 0.15) is 12.8 Å². The van der Waals surface area contributed by atoms with E-state index in [4.69, 9.17) is 14.2 Å². The van der Waals surface area contributed by atoms with Crippen molar-refractivity contribution in [2.45, 2.75) is 24.4 Å². The van der Waals surface area contributed by atoms with Crippen LogP contribution < -0.4 is 0 Å². The van der Waals surface area contributed by atoms with E-state index in [-0.39, 0.29) is 5.60 Å². The highest BCUT2D eigenvalue weighted by atomic mass is 16.6. The number of hydrogen-bond donors (Lipinski definition) is 0. The molecule has 70 valence electrons. The number of ether oxygens (including phenoxy) is 3. The Bertz CT molecular complexity index is 129. The smallest absolute Gasteiger partial charge is 0.139 e. The van der Waals surface area contributed by atoms with Crippen molar-refractivity contribution in [3.05, 3.63) is 0 Å². The van der Waals surface area contributed by atoms with E-state index in [1.165, 1.54) is 0 Å². The van der Waals surface area contributed by atoms with Gasteiger partial charge in [-0.15, -0.1) is 0 Å². The Morgan fingerprint density at radius 3 is 2.33 bits per heavy atom. The molecule has 1 heterocycles. The summed E-state index contributed by atoms with van der Waals surface area (Å²) >= 11 is 0. The molecule has 1 atom stereocenters. The Labute approximate surface area is 74.8 Å². The largest absolute Gasteiger partial charge is 0.382 e. The fourth-order valence-electron chi connectivity index (χ4n) is 1.79. The lowest BCUT2D eigenvalue weighted by atomic mass is 9.95. The molecule has 0 aliphatic carbocycles. The van der Waals surface area contributed by atoms with Crippen LogP contribution in [0.25, 0.3) is 0 Å². The molecule has 0 amide bonds. The van der Waals surface area contributed by atoms with Gasteiger partial charge >= 0.3 is 0 Å². The molecule has 1 aliphatic rings. The van der Waals surface area contributed by atoms with Crippen LogP contribution in [0.4, 0.5) is 0 Å². The molecule has 0 aromatic heterocycles. The van der Waals surface area contributed by atoms with E-state index >= 15 is 0 Å². The predicted octanol–water partition coefficient (Wildman–Crippen LogP) is -0.212. The molecule has 3 nitrogen and oxygen atoms in total. The fraction of sp³-hybridized carbons (Fsp3) is 1.00. The Kier molecular flexibility index (Phi) is 3.56. The van der Waals surface area contributed by atoms with Gasteiger partial charge in [0.25, 0.3) is 0 Å². The van der Waals surface area contributed by atoms with Crippen LogP contribution >= 0.6 is 0 Å². The van der Waals surface area contributed by atoms with Gasteiger partial charge in [-0.05, 0) is 12.8 Å². The van der Waals surface area contributed by atoms with E-state index < -0.39 is 0 Å². The molecule has 0 saturated carbocycles. The molecule has 0 N–H and O–H groups in total. The monoisotopic (exact) mass is 172 g/mol. The van der Waals surface area contributed by atoms with Crippen molar-refractivity contribution in [1.82, 2.24) is 0 Å². The van der Waals surface area contributed by atoms with Crippen molar-refractivity contribution in [3.63, 3.8) is 0 Å². The van der Waals surface area contributed by atoms with Crippen LogP contribution in [-0.4, -0.2) is 46.9 Å². The van der Waals surface area contributed by atoms with Gasteiger partial charge < -0.3 is 14.2 Å². The van der Waals surface area contributed by atoms with Gasteiger partial charge in [0, 0.05) is 20.2 Å². The molecule has 0 aromatic carbocycles. The second-order valence-corrected chi connectivity index (χ2v) is 3.52. The first-order valence-corrected chi connectivity index (χ1v) is 4.38. The molecule has 1 fully saturated rings. The summed E-state index contributed by atoms with van der Waals surface area (Å²) in [7, 11) is 5.49. The summed E-state index contributed by atoms with van der Waals surface area (Å²) in [6, 6.07) is 0.343. The van der Waals surface area contributed by atoms with E-state index in [2.05, 4.69) is 7.85 Å². The topological polar surface area (TPSA) is 27.7 Å². The highest BCUT2D eigenvalue weighted by molar-refractivity contribution is 6.11. The van der Waals surface area contributed by atoms with Crippen LogP contribution in [0.2, 0.25) is 0 Å². The lowest BCUT2D eigenvalue weighted by Crippen LogP contribution is -2.39. The molecule has 1 aliphatic heterocycles. The summed E-state index contributed by atoms with van der Waals surface area (Å²) in [5, 5.41) is 0. The SMILES string of the molecule is B[C@H]1CCC(COC)(COC)O1. The zero-order valence-corrected chi connectivity index (χ0v) is 8.13. The summed E-state index contributed by atoms with van der Waals surface area (Å²) in [5.41, 5.74) is -0.178. The van der Waals surface area contributed by atoms with Crippen molar-refractivity contribution in [2.24, 2.45) is 0 Å². The van der Waals surface area contributed by atoms with E-state index in [0.29, 0.717) is 19.2 Å². The fourth-order valence-corrected chi connectivity index (χ4v) is 1.79. The van der Waals surface area contributed by atoms with Crippen LogP contribution in [0.5, 0.6) is 0 Å². The van der Waals surface area contributed by atoms with Crippen molar-refractivity contribution >= 4 is 7.85 Å². The zero-order chi connectivity index (χ0) is 9.03. The molecule has 0 unspecified atom stereocenters. The molecular weight excluding hydrogens is 155 g/mol. The standard InChI is InChI=1S/C8H17BO3/c1-10-5-8(6-11-2)4-3-7(9)12-8/h7H,3-6,9H2,1-2H3/t7-/m1/s1. The normalized spacial score (nSPS) is 27.7. The minimum absolute atomic E-state index is 0.178. The molecule has 0 radical (unpaired) electrons. The number of hydrogen-bond acceptors (Lipinski definition) is 3. The number of methoxy groups -OCH3 is 2. The molecule has 0 spiro atoms.